The summed E-state index contributed by atoms with van der Waals surface area (Å²) in [4.78, 5) is 0. The first kappa shape index (κ1) is 10.0. The number of hydrogen-bond acceptors (Lipinski definition) is 2. The van der Waals surface area contributed by atoms with E-state index in [1.807, 2.05) is 19.1 Å². The minimum atomic E-state index is 0.530. The third-order valence-corrected chi connectivity index (χ3v) is 2.40. The van der Waals surface area contributed by atoms with Crippen molar-refractivity contribution in [3.63, 3.8) is 0 Å². The normalized spacial score (nSPS) is 9.44. The zero-order chi connectivity index (χ0) is 11.5. The molecule has 1 heterocycles. The van der Waals surface area contributed by atoms with Crippen molar-refractivity contribution in [3.8, 4) is 17.8 Å². The van der Waals surface area contributed by atoms with Gasteiger partial charge in [0.1, 0.15) is 17.8 Å². The maximum Gasteiger partial charge on any atom is 0.124 e. The van der Waals surface area contributed by atoms with Crippen LogP contribution in [-0.2, 0) is 0 Å². The van der Waals surface area contributed by atoms with E-state index in [1.54, 1.807) is 29.0 Å². The molecule has 1 aromatic carbocycles. The predicted molar refractivity (Wildman–Crippen MR) is 59.9 cm³/mol. The largest absolute Gasteiger partial charge is 0.307 e. The van der Waals surface area contributed by atoms with Crippen LogP contribution in [0.1, 0.15) is 16.8 Å². The predicted octanol–water partition coefficient (Wildman–Crippen LogP) is 2.53. The molecule has 0 fully saturated rings. The van der Waals surface area contributed by atoms with Crippen molar-refractivity contribution >= 4 is 0 Å². The third-order valence-electron chi connectivity index (χ3n) is 2.40. The molecule has 1 aromatic heterocycles. The molecule has 3 nitrogen and oxygen atoms in total. The Labute approximate surface area is 93.8 Å². The lowest BCUT2D eigenvalue weighted by atomic mass is 10.1. The van der Waals surface area contributed by atoms with Crippen LogP contribution in [0.25, 0.3) is 5.69 Å². The highest BCUT2D eigenvalue weighted by Gasteiger charge is 2.07. The Morgan fingerprint density at radius 3 is 2.62 bits per heavy atom. The zero-order valence-electron chi connectivity index (χ0n) is 8.81. The summed E-state index contributed by atoms with van der Waals surface area (Å²) < 4.78 is 1.73. The van der Waals surface area contributed by atoms with Crippen LogP contribution in [0, 0.1) is 29.6 Å². The minimum Gasteiger partial charge on any atom is -0.307 e. The SMILES string of the molecule is Cc1ccc(C#N)c(-n2cccc2C#N)c1. The van der Waals surface area contributed by atoms with E-state index >= 15 is 0 Å². The molecule has 0 N–H and O–H groups in total. The lowest BCUT2D eigenvalue weighted by molar-refractivity contribution is 1.04. The second kappa shape index (κ2) is 3.92. The van der Waals surface area contributed by atoms with Crippen LogP contribution in [0.4, 0.5) is 0 Å². The maximum absolute atomic E-state index is 9.03. The molecule has 0 aliphatic rings. The molecule has 0 aliphatic carbocycles. The van der Waals surface area contributed by atoms with Crippen LogP contribution >= 0.6 is 0 Å². The van der Waals surface area contributed by atoms with Gasteiger partial charge in [0.2, 0.25) is 0 Å². The second-order valence-corrected chi connectivity index (χ2v) is 3.51. The molecule has 16 heavy (non-hydrogen) atoms. The fourth-order valence-electron chi connectivity index (χ4n) is 1.62. The van der Waals surface area contributed by atoms with Gasteiger partial charge in [-0.25, -0.2) is 0 Å². The monoisotopic (exact) mass is 207 g/mol. The molecule has 2 aromatic rings. The highest BCUT2D eigenvalue weighted by atomic mass is 15.0. The summed E-state index contributed by atoms with van der Waals surface area (Å²) in [6.07, 6.45) is 1.79. The van der Waals surface area contributed by atoms with Gasteiger partial charge in [0.05, 0.1) is 11.3 Å². The summed E-state index contributed by atoms with van der Waals surface area (Å²) in [6, 6.07) is 13.3. The van der Waals surface area contributed by atoms with Crippen LogP contribution in [0.5, 0.6) is 0 Å². The van der Waals surface area contributed by atoms with Gasteiger partial charge in [-0.15, -0.1) is 0 Å². The molecule has 0 atom stereocenters. The summed E-state index contributed by atoms with van der Waals surface area (Å²) >= 11 is 0. The third kappa shape index (κ3) is 1.55. The topological polar surface area (TPSA) is 52.5 Å². The van der Waals surface area contributed by atoms with Crippen LogP contribution in [-0.4, -0.2) is 4.57 Å². The van der Waals surface area contributed by atoms with Crippen molar-refractivity contribution < 1.29 is 0 Å². The van der Waals surface area contributed by atoms with E-state index in [2.05, 4.69) is 12.1 Å². The summed E-state index contributed by atoms with van der Waals surface area (Å²) in [6.45, 7) is 1.96. The molecular weight excluding hydrogens is 198 g/mol. The Kier molecular flexibility index (Phi) is 2.45. The summed E-state index contributed by atoms with van der Waals surface area (Å²) in [5.41, 5.74) is 2.91. The minimum absolute atomic E-state index is 0.530. The lowest BCUT2D eigenvalue weighted by Gasteiger charge is -2.07. The first-order valence-electron chi connectivity index (χ1n) is 4.85. The molecule has 3 heteroatoms. The van der Waals surface area contributed by atoms with Crippen molar-refractivity contribution in [2.75, 3.05) is 0 Å². The Morgan fingerprint density at radius 1 is 1.12 bits per heavy atom. The molecule has 0 saturated carbocycles. The highest BCUT2D eigenvalue weighted by Crippen LogP contribution is 2.18. The van der Waals surface area contributed by atoms with Gasteiger partial charge in [-0.2, -0.15) is 10.5 Å². The first-order valence-corrected chi connectivity index (χ1v) is 4.85. The van der Waals surface area contributed by atoms with Crippen molar-refractivity contribution in [2.45, 2.75) is 6.92 Å². The number of benzene rings is 1. The maximum atomic E-state index is 9.03. The van der Waals surface area contributed by atoms with Gasteiger partial charge in [0.15, 0.2) is 0 Å². The smallest absolute Gasteiger partial charge is 0.124 e. The van der Waals surface area contributed by atoms with E-state index in [9.17, 15) is 0 Å². The number of aromatic nitrogens is 1. The van der Waals surface area contributed by atoms with Crippen LogP contribution in [0.2, 0.25) is 0 Å². The average molecular weight is 207 g/mol. The number of nitrogens with zero attached hydrogens (tertiary/aromatic N) is 3. The van der Waals surface area contributed by atoms with E-state index in [4.69, 9.17) is 10.5 Å². The van der Waals surface area contributed by atoms with E-state index < -0.39 is 0 Å². The Bertz CT molecular complexity index is 609. The molecule has 0 spiro atoms. The van der Waals surface area contributed by atoms with Crippen molar-refractivity contribution in [2.24, 2.45) is 0 Å². The molecule has 0 aliphatic heterocycles. The van der Waals surface area contributed by atoms with Gasteiger partial charge in [-0.1, -0.05) is 6.07 Å². The molecule has 0 bridgehead atoms. The highest BCUT2D eigenvalue weighted by molar-refractivity contribution is 5.52. The number of rotatable bonds is 1. The molecule has 0 radical (unpaired) electrons. The van der Waals surface area contributed by atoms with Gasteiger partial charge in [-0.3, -0.25) is 0 Å². The van der Waals surface area contributed by atoms with E-state index in [0.29, 0.717) is 11.3 Å². The van der Waals surface area contributed by atoms with Crippen LogP contribution in [0.3, 0.4) is 0 Å². The zero-order valence-corrected chi connectivity index (χ0v) is 8.81. The molecule has 0 amide bonds. The molecule has 76 valence electrons. The average Bonchev–Trinajstić information content (AvgIpc) is 2.76. The van der Waals surface area contributed by atoms with E-state index in [-0.39, 0.29) is 0 Å². The summed E-state index contributed by atoms with van der Waals surface area (Å²) in [5.74, 6) is 0. The van der Waals surface area contributed by atoms with Gasteiger partial charge >= 0.3 is 0 Å². The van der Waals surface area contributed by atoms with Crippen LogP contribution < -0.4 is 0 Å². The van der Waals surface area contributed by atoms with Crippen molar-refractivity contribution in [1.82, 2.24) is 4.57 Å². The molecule has 2 rings (SSSR count). The Balaban J connectivity index is 2.70. The van der Waals surface area contributed by atoms with Gasteiger partial charge in [0.25, 0.3) is 0 Å². The Morgan fingerprint density at radius 2 is 1.94 bits per heavy atom. The van der Waals surface area contributed by atoms with Gasteiger partial charge < -0.3 is 4.57 Å². The molecule has 0 unspecified atom stereocenters. The van der Waals surface area contributed by atoms with Crippen LogP contribution in [0.15, 0.2) is 36.5 Å². The van der Waals surface area contributed by atoms with E-state index in [0.717, 1.165) is 11.3 Å². The molecule has 0 saturated heterocycles. The Hall–Kier alpha value is -2.52. The fourth-order valence-corrected chi connectivity index (χ4v) is 1.62. The van der Waals surface area contributed by atoms with Crippen molar-refractivity contribution in [1.29, 1.82) is 10.5 Å². The number of aryl methyl sites for hydroxylation is 1. The summed E-state index contributed by atoms with van der Waals surface area (Å²) in [5, 5.41) is 18.0. The number of hydrogen-bond donors (Lipinski definition) is 0. The lowest BCUT2D eigenvalue weighted by Crippen LogP contribution is -1.99. The standard InChI is InChI=1S/C13H9N3/c1-10-4-5-11(8-14)13(7-10)16-6-2-3-12(16)9-15/h2-7H,1H3. The number of nitriles is 2. The first-order chi connectivity index (χ1) is 7.76. The summed E-state index contributed by atoms with van der Waals surface area (Å²) in [7, 11) is 0. The van der Waals surface area contributed by atoms with Gasteiger partial charge in [0, 0.05) is 6.20 Å². The van der Waals surface area contributed by atoms with Gasteiger partial charge in [-0.05, 0) is 36.8 Å². The second-order valence-electron chi connectivity index (χ2n) is 3.51. The fraction of sp³-hybridized carbons (Fsp3) is 0.0769. The van der Waals surface area contributed by atoms with Crippen molar-refractivity contribution in [3.05, 3.63) is 53.3 Å². The molecular formula is C13H9N3. The van der Waals surface area contributed by atoms with E-state index in [1.165, 1.54) is 0 Å². The quantitative estimate of drug-likeness (QED) is 0.721.